The minimum absolute atomic E-state index is 0.0846. The smallest absolute Gasteiger partial charge is 0.230 e. The number of aryl methyl sites for hydroxylation is 2. The standard InChI is InChI=1S/C19H18Cl2N4OS/c1-12-7-13(2)25(24-12)18-6-3-14(9-22-18)10-23-19(26)11-27-17-8-15(20)4-5-16(17)21/h3-9H,10-11H2,1-2H3,(H,23,26). The highest BCUT2D eigenvalue weighted by molar-refractivity contribution is 8.00. The summed E-state index contributed by atoms with van der Waals surface area (Å²) in [5.41, 5.74) is 2.89. The number of hydrogen-bond donors (Lipinski definition) is 1. The first-order chi connectivity index (χ1) is 12.9. The number of halogens is 2. The van der Waals surface area contributed by atoms with Crippen LogP contribution in [0.2, 0.25) is 10.0 Å². The highest BCUT2D eigenvalue weighted by atomic mass is 35.5. The van der Waals surface area contributed by atoms with Crippen LogP contribution in [0, 0.1) is 13.8 Å². The summed E-state index contributed by atoms with van der Waals surface area (Å²) in [5, 5.41) is 8.47. The summed E-state index contributed by atoms with van der Waals surface area (Å²) >= 11 is 13.4. The van der Waals surface area contributed by atoms with E-state index < -0.39 is 0 Å². The summed E-state index contributed by atoms with van der Waals surface area (Å²) in [4.78, 5) is 17.3. The van der Waals surface area contributed by atoms with Crippen LogP contribution in [0.5, 0.6) is 0 Å². The van der Waals surface area contributed by atoms with Gasteiger partial charge in [-0.2, -0.15) is 5.10 Å². The Hall–Kier alpha value is -2.02. The molecule has 27 heavy (non-hydrogen) atoms. The maximum atomic E-state index is 12.1. The molecule has 1 aromatic carbocycles. The maximum absolute atomic E-state index is 12.1. The van der Waals surface area contributed by atoms with Crippen molar-refractivity contribution in [2.45, 2.75) is 25.3 Å². The van der Waals surface area contributed by atoms with Gasteiger partial charge in [0.05, 0.1) is 16.5 Å². The van der Waals surface area contributed by atoms with Crippen LogP contribution in [0.4, 0.5) is 0 Å². The Morgan fingerprint density at radius 1 is 1.19 bits per heavy atom. The number of thioether (sulfide) groups is 1. The van der Waals surface area contributed by atoms with Gasteiger partial charge in [-0.25, -0.2) is 9.67 Å². The molecule has 0 saturated heterocycles. The lowest BCUT2D eigenvalue weighted by molar-refractivity contribution is -0.118. The van der Waals surface area contributed by atoms with Gasteiger partial charge in [0.25, 0.3) is 0 Å². The Labute approximate surface area is 172 Å². The van der Waals surface area contributed by atoms with Crippen LogP contribution >= 0.6 is 35.0 Å². The summed E-state index contributed by atoms with van der Waals surface area (Å²) in [7, 11) is 0. The molecule has 0 saturated carbocycles. The number of amides is 1. The summed E-state index contributed by atoms with van der Waals surface area (Å²) in [6, 6.07) is 11.0. The van der Waals surface area contributed by atoms with Gasteiger partial charge in [-0.05, 0) is 49.7 Å². The van der Waals surface area contributed by atoms with E-state index in [0.717, 1.165) is 27.7 Å². The molecule has 0 aliphatic heterocycles. The third kappa shape index (κ3) is 5.25. The molecule has 0 unspecified atom stereocenters. The number of carbonyl (C=O) groups is 1. The van der Waals surface area contributed by atoms with Gasteiger partial charge in [-0.3, -0.25) is 4.79 Å². The number of benzene rings is 1. The fourth-order valence-electron chi connectivity index (χ4n) is 2.49. The van der Waals surface area contributed by atoms with E-state index in [1.165, 1.54) is 11.8 Å². The Morgan fingerprint density at radius 3 is 2.67 bits per heavy atom. The van der Waals surface area contributed by atoms with Crippen molar-refractivity contribution in [1.82, 2.24) is 20.1 Å². The Balaban J connectivity index is 1.53. The molecule has 2 aromatic heterocycles. The van der Waals surface area contributed by atoms with Gasteiger partial charge in [0.15, 0.2) is 5.82 Å². The molecule has 3 rings (SSSR count). The first kappa shape index (κ1) is 19.7. The molecule has 0 atom stereocenters. The third-order valence-electron chi connectivity index (χ3n) is 3.78. The Bertz CT molecular complexity index is 957. The Morgan fingerprint density at radius 2 is 2.00 bits per heavy atom. The second-order valence-electron chi connectivity index (χ2n) is 6.00. The molecule has 3 aromatic rings. The topological polar surface area (TPSA) is 59.8 Å². The zero-order valence-corrected chi connectivity index (χ0v) is 17.2. The van der Waals surface area contributed by atoms with Crippen molar-refractivity contribution in [2.24, 2.45) is 0 Å². The monoisotopic (exact) mass is 420 g/mol. The minimum Gasteiger partial charge on any atom is -0.351 e. The molecular weight excluding hydrogens is 403 g/mol. The first-order valence-electron chi connectivity index (χ1n) is 8.25. The van der Waals surface area contributed by atoms with Crippen LogP contribution in [0.15, 0.2) is 47.5 Å². The molecule has 0 aliphatic carbocycles. The van der Waals surface area contributed by atoms with E-state index in [1.807, 2.05) is 32.0 Å². The normalized spacial score (nSPS) is 10.8. The van der Waals surface area contributed by atoms with Gasteiger partial charge in [-0.1, -0.05) is 29.3 Å². The predicted octanol–water partition coefficient (Wildman–Crippen LogP) is 4.60. The predicted molar refractivity (Wildman–Crippen MR) is 110 cm³/mol. The molecule has 8 heteroatoms. The summed E-state index contributed by atoms with van der Waals surface area (Å²) < 4.78 is 1.79. The molecule has 5 nitrogen and oxygen atoms in total. The van der Waals surface area contributed by atoms with Gasteiger partial charge >= 0.3 is 0 Å². The quantitative estimate of drug-likeness (QED) is 0.591. The summed E-state index contributed by atoms with van der Waals surface area (Å²) in [6.07, 6.45) is 1.74. The fraction of sp³-hybridized carbons (Fsp3) is 0.211. The molecule has 140 valence electrons. The van der Waals surface area contributed by atoms with E-state index in [4.69, 9.17) is 23.2 Å². The molecular formula is C19H18Cl2N4OS. The minimum atomic E-state index is -0.0846. The van der Waals surface area contributed by atoms with E-state index in [0.29, 0.717) is 16.6 Å². The number of hydrogen-bond acceptors (Lipinski definition) is 4. The van der Waals surface area contributed by atoms with Crippen molar-refractivity contribution in [3.05, 3.63) is 69.6 Å². The second kappa shape index (κ2) is 8.78. The SMILES string of the molecule is Cc1cc(C)n(-c2ccc(CNC(=O)CSc3cc(Cl)ccc3Cl)cn2)n1. The van der Waals surface area contributed by atoms with Gasteiger partial charge in [-0.15, -0.1) is 11.8 Å². The fourth-order valence-corrected chi connectivity index (χ4v) is 3.81. The largest absolute Gasteiger partial charge is 0.351 e. The van der Waals surface area contributed by atoms with E-state index in [9.17, 15) is 4.79 Å². The van der Waals surface area contributed by atoms with Gasteiger partial charge in [0, 0.05) is 28.4 Å². The van der Waals surface area contributed by atoms with Crippen LogP contribution in [0.25, 0.3) is 5.82 Å². The number of aromatic nitrogens is 3. The van der Waals surface area contributed by atoms with Crippen molar-refractivity contribution in [1.29, 1.82) is 0 Å². The summed E-state index contributed by atoms with van der Waals surface area (Å²) in [5.74, 6) is 0.928. The van der Waals surface area contributed by atoms with Crippen LogP contribution < -0.4 is 5.32 Å². The van der Waals surface area contributed by atoms with Crippen LogP contribution in [-0.4, -0.2) is 26.4 Å². The number of nitrogens with zero attached hydrogens (tertiary/aromatic N) is 3. The lowest BCUT2D eigenvalue weighted by Crippen LogP contribution is -2.24. The average Bonchev–Trinajstić information content (AvgIpc) is 2.99. The Kier molecular flexibility index (Phi) is 6.42. The molecule has 0 spiro atoms. The molecule has 0 fully saturated rings. The summed E-state index contributed by atoms with van der Waals surface area (Å²) in [6.45, 7) is 4.34. The molecule has 1 amide bonds. The van der Waals surface area contributed by atoms with E-state index in [-0.39, 0.29) is 11.7 Å². The van der Waals surface area contributed by atoms with E-state index >= 15 is 0 Å². The average molecular weight is 421 g/mol. The molecule has 0 radical (unpaired) electrons. The zero-order valence-electron chi connectivity index (χ0n) is 14.9. The maximum Gasteiger partial charge on any atom is 0.230 e. The van der Waals surface area contributed by atoms with Gasteiger partial charge < -0.3 is 5.32 Å². The van der Waals surface area contributed by atoms with Crippen LogP contribution in [0.3, 0.4) is 0 Å². The first-order valence-corrected chi connectivity index (χ1v) is 9.99. The number of carbonyl (C=O) groups excluding carboxylic acids is 1. The molecule has 2 heterocycles. The lowest BCUT2D eigenvalue weighted by Gasteiger charge is -2.08. The van der Waals surface area contributed by atoms with Crippen molar-refractivity contribution < 1.29 is 4.79 Å². The van der Waals surface area contributed by atoms with Crippen molar-refractivity contribution in [2.75, 3.05) is 5.75 Å². The van der Waals surface area contributed by atoms with Crippen molar-refractivity contribution >= 4 is 40.9 Å². The molecule has 0 aliphatic rings. The molecule has 1 N–H and O–H groups in total. The highest BCUT2D eigenvalue weighted by Gasteiger charge is 2.08. The third-order valence-corrected chi connectivity index (χ3v) is 5.51. The van der Waals surface area contributed by atoms with Crippen LogP contribution in [0.1, 0.15) is 17.0 Å². The lowest BCUT2D eigenvalue weighted by atomic mass is 10.3. The van der Waals surface area contributed by atoms with Crippen molar-refractivity contribution in [3.8, 4) is 5.82 Å². The van der Waals surface area contributed by atoms with E-state index in [2.05, 4.69) is 15.4 Å². The molecule has 0 bridgehead atoms. The number of rotatable bonds is 6. The number of nitrogens with one attached hydrogen (secondary N) is 1. The number of pyridine rings is 1. The van der Waals surface area contributed by atoms with Gasteiger partial charge in [0.1, 0.15) is 0 Å². The second-order valence-corrected chi connectivity index (χ2v) is 7.86. The van der Waals surface area contributed by atoms with Crippen LogP contribution in [-0.2, 0) is 11.3 Å². The highest BCUT2D eigenvalue weighted by Crippen LogP contribution is 2.29. The van der Waals surface area contributed by atoms with E-state index in [1.54, 1.807) is 29.1 Å². The van der Waals surface area contributed by atoms with Gasteiger partial charge in [0.2, 0.25) is 5.91 Å². The zero-order chi connectivity index (χ0) is 19.4. The van der Waals surface area contributed by atoms with Crippen molar-refractivity contribution in [3.63, 3.8) is 0 Å².